The predicted octanol–water partition coefficient (Wildman–Crippen LogP) is 3.25. The van der Waals surface area contributed by atoms with Crippen LogP contribution in [0, 0.1) is 0 Å². The molecule has 3 heterocycles. The van der Waals surface area contributed by atoms with Crippen LogP contribution in [0.3, 0.4) is 0 Å². The highest BCUT2D eigenvalue weighted by Gasteiger charge is 2.26. The standard InChI is InChI=1S/C14H8Cl2N6OS/c15-8-3-7-6-22(14(24)23-12(7)10(16)4-8)9-1-2-11(17-5-9)13-18-20-21-19-13/h1-5H,6H2,(H,18,19,20,21). The van der Waals surface area contributed by atoms with E-state index in [1.165, 1.54) is 0 Å². The average Bonchev–Trinajstić information content (AvgIpc) is 3.10. The lowest BCUT2D eigenvalue weighted by molar-refractivity contribution is 0.518. The number of aromatic amines is 1. The predicted molar refractivity (Wildman–Crippen MR) is 93.3 cm³/mol. The van der Waals surface area contributed by atoms with Crippen molar-refractivity contribution in [2.45, 2.75) is 6.54 Å². The molecule has 0 atom stereocenters. The van der Waals surface area contributed by atoms with Gasteiger partial charge in [0.05, 0.1) is 23.5 Å². The topological polar surface area (TPSA) is 79.8 Å². The minimum Gasteiger partial charge on any atom is -0.430 e. The van der Waals surface area contributed by atoms with E-state index in [1.807, 2.05) is 6.07 Å². The maximum atomic E-state index is 6.16. The summed E-state index contributed by atoms with van der Waals surface area (Å²) in [5, 5.41) is 14.9. The average molecular weight is 379 g/mol. The van der Waals surface area contributed by atoms with Gasteiger partial charge in [0.2, 0.25) is 5.82 Å². The molecule has 0 amide bonds. The Hall–Kier alpha value is -2.29. The van der Waals surface area contributed by atoms with Gasteiger partial charge in [0.15, 0.2) is 5.75 Å². The van der Waals surface area contributed by atoms with Crippen molar-refractivity contribution < 1.29 is 4.74 Å². The fraction of sp³-hybridized carbons (Fsp3) is 0.0714. The third-order valence-electron chi connectivity index (χ3n) is 3.46. The van der Waals surface area contributed by atoms with Gasteiger partial charge in [-0.1, -0.05) is 23.2 Å². The number of rotatable bonds is 2. The van der Waals surface area contributed by atoms with Gasteiger partial charge in [-0.25, -0.2) is 0 Å². The number of tetrazole rings is 1. The van der Waals surface area contributed by atoms with Crippen LogP contribution in [-0.2, 0) is 6.54 Å². The van der Waals surface area contributed by atoms with Crippen molar-refractivity contribution in [3.05, 3.63) is 46.1 Å². The van der Waals surface area contributed by atoms with E-state index in [2.05, 4.69) is 25.6 Å². The maximum absolute atomic E-state index is 6.16. The van der Waals surface area contributed by atoms with Gasteiger partial charge in [-0.2, -0.15) is 5.21 Å². The molecule has 0 fully saturated rings. The molecule has 7 nitrogen and oxygen atoms in total. The summed E-state index contributed by atoms with van der Waals surface area (Å²) in [7, 11) is 0. The van der Waals surface area contributed by atoms with Gasteiger partial charge in [0, 0.05) is 10.6 Å². The molecule has 0 saturated heterocycles. The largest absolute Gasteiger partial charge is 0.430 e. The second kappa shape index (κ2) is 5.97. The molecular formula is C14H8Cl2N6OS. The summed E-state index contributed by atoms with van der Waals surface area (Å²) in [6.07, 6.45) is 1.67. The van der Waals surface area contributed by atoms with Crippen LogP contribution >= 0.6 is 35.4 Å². The molecule has 1 aliphatic heterocycles. The van der Waals surface area contributed by atoms with E-state index < -0.39 is 0 Å². The minimum absolute atomic E-state index is 0.292. The summed E-state index contributed by atoms with van der Waals surface area (Å²) < 4.78 is 5.69. The summed E-state index contributed by atoms with van der Waals surface area (Å²) in [4.78, 5) is 6.13. The number of hydrogen-bond acceptors (Lipinski definition) is 6. The Morgan fingerprint density at radius 3 is 2.83 bits per heavy atom. The molecule has 0 saturated carbocycles. The van der Waals surface area contributed by atoms with Crippen molar-refractivity contribution in [1.29, 1.82) is 0 Å². The van der Waals surface area contributed by atoms with E-state index in [9.17, 15) is 0 Å². The Morgan fingerprint density at radius 2 is 2.12 bits per heavy atom. The Labute approximate surface area is 151 Å². The van der Waals surface area contributed by atoms with Crippen molar-refractivity contribution in [2.75, 3.05) is 4.90 Å². The van der Waals surface area contributed by atoms with Gasteiger partial charge in [0.25, 0.3) is 5.17 Å². The highest BCUT2D eigenvalue weighted by Crippen LogP contribution is 2.37. The molecule has 1 aliphatic rings. The van der Waals surface area contributed by atoms with E-state index >= 15 is 0 Å². The molecule has 2 aromatic heterocycles. The smallest absolute Gasteiger partial charge is 0.269 e. The molecule has 0 unspecified atom stereocenters. The molecule has 4 rings (SSSR count). The van der Waals surface area contributed by atoms with Gasteiger partial charge in [-0.05, 0) is 41.7 Å². The number of thiocarbonyl (C=S) groups is 1. The summed E-state index contributed by atoms with van der Waals surface area (Å²) >= 11 is 17.6. The highest BCUT2D eigenvalue weighted by molar-refractivity contribution is 7.80. The fourth-order valence-electron chi connectivity index (χ4n) is 2.37. The zero-order valence-corrected chi connectivity index (χ0v) is 14.2. The molecule has 0 spiro atoms. The number of ether oxygens (including phenoxy) is 1. The second-order valence-electron chi connectivity index (χ2n) is 4.97. The van der Waals surface area contributed by atoms with Crippen molar-refractivity contribution >= 4 is 46.3 Å². The quantitative estimate of drug-likeness (QED) is 0.685. The number of hydrogen-bond donors (Lipinski definition) is 1. The fourth-order valence-corrected chi connectivity index (χ4v) is 3.20. The second-order valence-corrected chi connectivity index (χ2v) is 6.16. The maximum Gasteiger partial charge on any atom is 0.269 e. The van der Waals surface area contributed by atoms with Crippen molar-refractivity contribution in [1.82, 2.24) is 25.6 Å². The number of benzene rings is 1. The molecule has 3 aromatic rings. The van der Waals surface area contributed by atoms with Crippen LogP contribution in [0.4, 0.5) is 5.69 Å². The summed E-state index contributed by atoms with van der Waals surface area (Å²) in [6.45, 7) is 0.484. The normalized spacial score (nSPS) is 13.6. The van der Waals surface area contributed by atoms with Crippen LogP contribution < -0.4 is 9.64 Å². The van der Waals surface area contributed by atoms with E-state index in [4.69, 9.17) is 40.2 Å². The minimum atomic E-state index is 0.292. The van der Waals surface area contributed by atoms with Gasteiger partial charge in [-0.15, -0.1) is 10.2 Å². The number of halogens is 2. The van der Waals surface area contributed by atoms with Crippen molar-refractivity contribution in [2.24, 2.45) is 0 Å². The molecule has 24 heavy (non-hydrogen) atoms. The van der Waals surface area contributed by atoms with Gasteiger partial charge in [0.1, 0.15) is 5.69 Å². The van der Waals surface area contributed by atoms with Crippen LogP contribution in [0.15, 0.2) is 30.5 Å². The van der Waals surface area contributed by atoms with Crippen LogP contribution in [0.5, 0.6) is 5.75 Å². The van der Waals surface area contributed by atoms with E-state index in [0.717, 1.165) is 11.3 Å². The Balaban J connectivity index is 1.66. The molecule has 120 valence electrons. The highest BCUT2D eigenvalue weighted by atomic mass is 35.5. The lowest BCUT2D eigenvalue weighted by atomic mass is 10.1. The molecule has 1 N–H and O–H groups in total. The monoisotopic (exact) mass is 378 g/mol. The third-order valence-corrected chi connectivity index (χ3v) is 4.26. The Kier molecular flexibility index (Phi) is 3.79. The first-order chi connectivity index (χ1) is 11.6. The molecular weight excluding hydrogens is 371 g/mol. The summed E-state index contributed by atoms with van der Waals surface area (Å²) in [5.74, 6) is 0.960. The van der Waals surface area contributed by atoms with Crippen LogP contribution in [0.1, 0.15) is 5.56 Å². The number of nitrogens with one attached hydrogen (secondary N) is 1. The number of aromatic nitrogens is 5. The zero-order valence-electron chi connectivity index (χ0n) is 11.9. The van der Waals surface area contributed by atoms with Gasteiger partial charge < -0.3 is 4.74 Å². The van der Waals surface area contributed by atoms with Crippen LogP contribution in [0.2, 0.25) is 10.0 Å². The number of nitrogens with zero attached hydrogens (tertiary/aromatic N) is 5. The number of anilines is 1. The number of fused-ring (bicyclic) bond motifs is 1. The summed E-state index contributed by atoms with van der Waals surface area (Å²) in [5.41, 5.74) is 2.22. The lowest BCUT2D eigenvalue weighted by Gasteiger charge is -2.30. The van der Waals surface area contributed by atoms with E-state index in [0.29, 0.717) is 39.0 Å². The van der Waals surface area contributed by atoms with Crippen LogP contribution in [-0.4, -0.2) is 30.8 Å². The lowest BCUT2D eigenvalue weighted by Crippen LogP contribution is -2.37. The molecule has 10 heteroatoms. The molecule has 0 bridgehead atoms. The van der Waals surface area contributed by atoms with Crippen LogP contribution in [0.25, 0.3) is 11.5 Å². The van der Waals surface area contributed by atoms with Gasteiger partial charge >= 0.3 is 0 Å². The SMILES string of the molecule is S=C1Oc2c(Cl)cc(Cl)cc2CN1c1ccc(-c2nn[nH]n2)nc1. The Morgan fingerprint density at radius 1 is 1.25 bits per heavy atom. The van der Waals surface area contributed by atoms with Gasteiger partial charge in [-0.3, -0.25) is 9.88 Å². The van der Waals surface area contributed by atoms with E-state index in [-0.39, 0.29) is 0 Å². The Bertz CT molecular complexity index is 916. The van der Waals surface area contributed by atoms with Crippen molar-refractivity contribution in [3.63, 3.8) is 0 Å². The number of H-pyrrole nitrogens is 1. The number of pyridine rings is 1. The first-order valence-electron chi connectivity index (χ1n) is 6.79. The molecule has 0 radical (unpaired) electrons. The van der Waals surface area contributed by atoms with Crippen molar-refractivity contribution in [3.8, 4) is 17.3 Å². The first-order valence-corrected chi connectivity index (χ1v) is 7.95. The first kappa shape index (κ1) is 15.3. The molecule has 0 aliphatic carbocycles. The zero-order chi connectivity index (χ0) is 16.7. The summed E-state index contributed by atoms with van der Waals surface area (Å²) in [6, 6.07) is 7.06. The third kappa shape index (κ3) is 2.68. The van der Waals surface area contributed by atoms with E-state index in [1.54, 1.807) is 29.3 Å². The molecule has 1 aromatic carbocycles.